The first-order valence-electron chi connectivity index (χ1n) is 47.0. The Hall–Kier alpha value is -12.2. The van der Waals surface area contributed by atoms with Crippen LogP contribution < -0.4 is 37.9 Å². The third-order valence-corrected chi connectivity index (χ3v) is 41.8. The van der Waals surface area contributed by atoms with Gasteiger partial charge in [0, 0.05) is 162 Å². The number of nitrogens with zero attached hydrogens (tertiary/aromatic N) is 6. The monoisotopic (exact) mass is 2180 g/mol. The smallest absolute Gasteiger partial charge is 0.168 e. The Morgan fingerprint density at radius 2 is 0.312 bits per heavy atom. The molecule has 4 aromatic carbocycles. The van der Waals surface area contributed by atoms with Crippen molar-refractivity contribution in [2.75, 3.05) is 52.9 Å². The van der Waals surface area contributed by atoms with Gasteiger partial charge < -0.3 is 47.9 Å². The number of benzene rings is 4. The van der Waals surface area contributed by atoms with Crippen LogP contribution in [0.2, 0.25) is 0 Å². The van der Waals surface area contributed by atoms with Gasteiger partial charge in [-0.25, -0.2) is 29.9 Å². The van der Waals surface area contributed by atoms with E-state index in [0.29, 0.717) is 112 Å². The third-order valence-electron chi connectivity index (χ3n) is 24.5. The van der Waals surface area contributed by atoms with E-state index in [1.54, 1.807) is 181 Å². The molecule has 0 amide bonds. The zero-order valence-corrected chi connectivity index (χ0v) is 91.3. The van der Waals surface area contributed by atoms with Crippen molar-refractivity contribution in [3.63, 3.8) is 0 Å². The van der Waals surface area contributed by atoms with Crippen LogP contribution >= 0.6 is 181 Å². The fraction of sp³-hybridized carbons (Fsp3) is 0.143. The topological polar surface area (TPSA) is 183 Å². The highest BCUT2D eigenvalue weighted by atomic mass is 32.2. The Labute approximate surface area is 892 Å². The maximum Gasteiger partial charge on any atom is 0.168 e. The van der Waals surface area contributed by atoms with Gasteiger partial charge in [-0.1, -0.05) is 48.5 Å². The molecule has 8 bridgehead atoms. The standard InChI is InChI=1S/C112H82N8O8S16/c1-9-121-97-81(73-41-33-65(137-73)57-25-17-49-129-57)82(74-42-34-66(138-74)58-26-18-50-130-58)98(122-10-2)90-89(97)105-113-106(90)118-108-93-94(102(126-14-6)86(78-46-38-70(142-78)62-30-22-54-134-62)85(101(93)125-13-5)77-45-37-69(141-77)61-29-21-53-133-61)110(115-108)120-112-96-95(103(127-15-7)87(79-47-39-71(143-79)63-31-23-55-135-63)88(104(96)128-16-8)80-48-40-72(144-80)64-32-24-56-136-64)111(116-112)119-109-92-91(107(114-109)117-105)99(123-11-3)83(75-43-35-67(139-75)59-27-19-51-131-59)84(100(92)124-12-4)76-44-36-68(140-76)60-28-20-52-132-60/h17-56H,9-16H2,1-8H3,(H2,113,114,115,116,117,118,119,120). The minimum atomic E-state index is 0.232. The quantitative estimate of drug-likeness (QED) is 0.0406. The molecule has 25 rings (SSSR count). The highest BCUT2D eigenvalue weighted by Crippen LogP contribution is 2.66. The summed E-state index contributed by atoms with van der Waals surface area (Å²) < 4.78 is 61.1. The van der Waals surface area contributed by atoms with Crippen molar-refractivity contribution in [3.8, 4) is 253 Å². The molecule has 0 saturated carbocycles. The van der Waals surface area contributed by atoms with Crippen molar-refractivity contribution in [2.24, 2.45) is 0 Å². The Kier molecular flexibility index (Phi) is 25.6. The minimum absolute atomic E-state index is 0.232. The van der Waals surface area contributed by atoms with Crippen LogP contribution in [0.25, 0.3) is 251 Å². The van der Waals surface area contributed by atoms with E-state index in [9.17, 15) is 0 Å². The molecule has 0 unspecified atom stereocenters. The molecular weight excluding hydrogens is 2100 g/mol. The van der Waals surface area contributed by atoms with Crippen LogP contribution in [-0.4, -0.2) is 92.7 Å². The molecule has 0 spiro atoms. The molecule has 0 saturated heterocycles. The molecule has 2 aliphatic rings. The van der Waals surface area contributed by atoms with Crippen molar-refractivity contribution < 1.29 is 37.9 Å². The van der Waals surface area contributed by atoms with E-state index in [1.165, 1.54) is 0 Å². The van der Waals surface area contributed by atoms with E-state index in [-0.39, 0.29) is 76.2 Å². The predicted molar refractivity (Wildman–Crippen MR) is 618 cm³/mol. The second-order valence-corrected chi connectivity index (χ2v) is 49.1. The van der Waals surface area contributed by atoms with Crippen LogP contribution in [-0.2, 0) is 0 Å². The summed E-state index contributed by atoms with van der Waals surface area (Å²) in [5.74, 6) is 5.23. The average molecular weight is 2180 g/mol. The Morgan fingerprint density at radius 3 is 0.458 bits per heavy atom. The molecule has 2 N–H and O–H groups in total. The summed E-state index contributed by atoms with van der Waals surface area (Å²) in [4.78, 5) is 70.8. The van der Waals surface area contributed by atoms with E-state index < -0.39 is 0 Å². The van der Waals surface area contributed by atoms with Crippen molar-refractivity contribution in [1.29, 1.82) is 0 Å². The van der Waals surface area contributed by atoms with E-state index in [4.69, 9.17) is 67.8 Å². The summed E-state index contributed by atoms with van der Waals surface area (Å²) in [6.45, 7) is 18.2. The molecule has 19 aromatic heterocycles. The Balaban J connectivity index is 0.921. The van der Waals surface area contributed by atoms with Gasteiger partial charge in [0.2, 0.25) is 0 Å². The van der Waals surface area contributed by atoms with Crippen molar-refractivity contribution in [1.82, 2.24) is 39.9 Å². The highest BCUT2D eigenvalue weighted by Gasteiger charge is 2.42. The van der Waals surface area contributed by atoms with E-state index in [0.717, 1.165) is 162 Å². The molecule has 0 atom stereocenters. The SMILES string of the molecule is CCOc1c2c(c(OCC)c(-c3ccc(-c4cccs4)s3)c1-c1ccc(-c3cccs3)s1)-c1nc-2nc2[nH]c(nc3nc(nc4[nH]c(n1)c1c(OCC)c(-c5ccc(-c6cccs6)s5)c(-c5ccc(-c6cccs6)s5)c(OCC)c41)-c1c(OCC)c(-c4ccc(-c5cccs5)s4)c(-c4ccc(-c5cccs5)s4)c(OCC)c1-3)c1c(OCC)c(-c3ccc(-c4cccs4)s3)c(-c3ccc(-c4cccs4)s3)c(OCC)c21. The summed E-state index contributed by atoms with van der Waals surface area (Å²) >= 11 is 27.3. The molecule has 0 aliphatic carbocycles. The number of rotatable bonds is 32. The largest absolute Gasteiger partial charge is 0.492 e. The van der Waals surface area contributed by atoms with Crippen LogP contribution in [0.1, 0.15) is 55.4 Å². The van der Waals surface area contributed by atoms with Crippen LogP contribution in [0.4, 0.5) is 0 Å². The lowest BCUT2D eigenvalue weighted by Crippen LogP contribution is -2.04. The van der Waals surface area contributed by atoms with Crippen molar-refractivity contribution in [2.45, 2.75) is 55.4 Å². The molecule has 0 radical (unpaired) electrons. The first-order chi connectivity index (χ1) is 71.1. The number of fused-ring (bicyclic) bond motifs is 20. The van der Waals surface area contributed by atoms with Gasteiger partial charge in [-0.3, -0.25) is 0 Å². The highest BCUT2D eigenvalue weighted by molar-refractivity contribution is 7.28. The first-order valence-corrected chi connectivity index (χ1v) is 60.6. The number of hydrogen-bond donors (Lipinski definition) is 2. The van der Waals surface area contributed by atoms with Gasteiger partial charge in [-0.05, 0) is 244 Å². The predicted octanol–water partition coefficient (Wildman–Crippen LogP) is 37.7. The van der Waals surface area contributed by atoms with Gasteiger partial charge in [0.15, 0.2) is 23.3 Å². The van der Waals surface area contributed by atoms with Crippen LogP contribution in [0.15, 0.2) is 237 Å². The van der Waals surface area contributed by atoms with Gasteiger partial charge in [0.25, 0.3) is 0 Å². The molecule has 714 valence electrons. The van der Waals surface area contributed by atoms with E-state index >= 15 is 0 Å². The maximum absolute atomic E-state index is 7.64. The van der Waals surface area contributed by atoms with Crippen LogP contribution in [0, 0.1) is 0 Å². The minimum Gasteiger partial charge on any atom is -0.492 e. The van der Waals surface area contributed by atoms with Gasteiger partial charge >= 0.3 is 0 Å². The number of ether oxygens (including phenoxy) is 8. The third kappa shape index (κ3) is 16.3. The number of nitrogens with one attached hydrogen (secondary N) is 2. The van der Waals surface area contributed by atoms with E-state index in [2.05, 4.69) is 247 Å². The summed E-state index contributed by atoms with van der Waals surface area (Å²) in [5.41, 5.74) is 9.96. The Morgan fingerprint density at radius 1 is 0.167 bits per heavy atom. The molecule has 0 fully saturated rings. The molecule has 21 heterocycles. The number of aromatic nitrogens is 8. The molecule has 16 nitrogen and oxygen atoms in total. The summed E-state index contributed by atoms with van der Waals surface area (Å²) in [6, 6.07) is 69.8. The lowest BCUT2D eigenvalue weighted by Gasteiger charge is -2.22. The molecule has 144 heavy (non-hydrogen) atoms. The first kappa shape index (κ1) is 92.9. The number of H-pyrrole nitrogens is 2. The molecule has 2 aliphatic heterocycles. The van der Waals surface area contributed by atoms with Crippen LogP contribution in [0.5, 0.6) is 46.0 Å². The Bertz CT molecular complexity index is 7890. The maximum atomic E-state index is 7.64. The molecule has 23 aromatic rings. The summed E-state index contributed by atoms with van der Waals surface area (Å²) in [5, 5.41) is 19.3. The van der Waals surface area contributed by atoms with Gasteiger partial charge in [-0.15, -0.1) is 181 Å². The summed E-state index contributed by atoms with van der Waals surface area (Å²) in [6.07, 6.45) is 0. The van der Waals surface area contributed by atoms with Crippen molar-refractivity contribution >= 4 is 226 Å². The summed E-state index contributed by atoms with van der Waals surface area (Å²) in [7, 11) is 0. The number of thiophene rings is 16. The molecule has 32 heteroatoms. The lowest BCUT2D eigenvalue weighted by molar-refractivity contribution is 0.335. The number of hydrogen-bond acceptors (Lipinski definition) is 30. The van der Waals surface area contributed by atoms with Gasteiger partial charge in [0.05, 0.1) is 96.7 Å². The second-order valence-electron chi connectivity index (χ2n) is 32.8. The van der Waals surface area contributed by atoms with E-state index in [1.807, 2.05) is 55.4 Å². The van der Waals surface area contributed by atoms with Crippen molar-refractivity contribution in [3.05, 3.63) is 237 Å². The zero-order chi connectivity index (χ0) is 96.9. The normalized spacial score (nSPS) is 11.8. The fourth-order valence-electron chi connectivity index (χ4n) is 18.9. The van der Waals surface area contributed by atoms with Gasteiger partial charge in [0.1, 0.15) is 68.6 Å². The molecular formula is C112H82N8O8S16. The van der Waals surface area contributed by atoms with Crippen LogP contribution in [0.3, 0.4) is 0 Å². The fourth-order valence-corrected chi connectivity index (χ4v) is 34.0. The lowest BCUT2D eigenvalue weighted by atomic mass is 9.93. The second kappa shape index (κ2) is 39.7. The zero-order valence-electron chi connectivity index (χ0n) is 78.2. The van der Waals surface area contributed by atoms with Gasteiger partial charge in [-0.2, -0.15) is 0 Å². The average Bonchev–Trinajstić information content (AvgIpc) is 1.56. The number of aromatic amines is 2.